The quantitative estimate of drug-likeness (QED) is 0.509. The van der Waals surface area contributed by atoms with E-state index in [-0.39, 0.29) is 6.42 Å². The molecule has 0 radical (unpaired) electrons. The van der Waals surface area contributed by atoms with Gasteiger partial charge in [-0.15, -0.1) is 0 Å². The zero-order valence-electron chi connectivity index (χ0n) is 13.8. The highest BCUT2D eigenvalue weighted by Crippen LogP contribution is 2.28. The summed E-state index contributed by atoms with van der Waals surface area (Å²) in [5, 5.41) is 13.1. The van der Waals surface area contributed by atoms with Crippen molar-refractivity contribution in [1.82, 2.24) is 15.0 Å². The van der Waals surface area contributed by atoms with Crippen molar-refractivity contribution >= 4 is 28.5 Å². The Balaban J connectivity index is 1.85. The van der Waals surface area contributed by atoms with Crippen LogP contribution in [0.4, 0.5) is 11.5 Å². The van der Waals surface area contributed by atoms with Crippen molar-refractivity contribution in [2.75, 3.05) is 5.32 Å². The first-order chi connectivity index (χ1) is 12.7. The summed E-state index contributed by atoms with van der Waals surface area (Å²) >= 11 is 0. The van der Waals surface area contributed by atoms with E-state index in [1.807, 2.05) is 60.7 Å². The van der Waals surface area contributed by atoms with E-state index in [2.05, 4.69) is 20.3 Å². The lowest BCUT2D eigenvalue weighted by Crippen LogP contribution is -1.99. The Morgan fingerprint density at radius 1 is 1.00 bits per heavy atom. The number of rotatable bonds is 5. The van der Waals surface area contributed by atoms with Crippen LogP contribution in [0.25, 0.3) is 22.4 Å². The minimum Gasteiger partial charge on any atom is -0.481 e. The number of hydrogen-bond acceptors (Lipinski definition) is 4. The number of anilines is 2. The summed E-state index contributed by atoms with van der Waals surface area (Å²) in [5.41, 5.74) is 2.98. The average Bonchev–Trinajstić information content (AvgIpc) is 3.05. The Morgan fingerprint density at radius 2 is 1.69 bits per heavy atom. The van der Waals surface area contributed by atoms with E-state index in [0.29, 0.717) is 23.0 Å². The van der Waals surface area contributed by atoms with E-state index in [1.165, 1.54) is 0 Å². The number of aromatic nitrogens is 3. The van der Waals surface area contributed by atoms with Gasteiger partial charge >= 0.3 is 5.97 Å². The van der Waals surface area contributed by atoms with Gasteiger partial charge in [0.05, 0.1) is 11.8 Å². The highest BCUT2D eigenvalue weighted by Gasteiger charge is 2.14. The van der Waals surface area contributed by atoms with Gasteiger partial charge in [0.1, 0.15) is 11.5 Å². The highest BCUT2D eigenvalue weighted by molar-refractivity contribution is 5.92. The van der Waals surface area contributed by atoms with Crippen LogP contribution in [0, 0.1) is 0 Å². The number of carboxylic acid groups (broad SMARTS) is 1. The summed E-state index contributed by atoms with van der Waals surface area (Å²) in [6.07, 6.45) is -0.0954. The van der Waals surface area contributed by atoms with Crippen molar-refractivity contribution in [3.05, 3.63) is 72.4 Å². The zero-order chi connectivity index (χ0) is 17.9. The molecule has 0 aliphatic carbocycles. The first-order valence-corrected chi connectivity index (χ1v) is 8.18. The Kier molecular flexibility index (Phi) is 4.07. The average molecular weight is 344 g/mol. The fraction of sp³-hybridized carbons (Fsp3) is 0.0500. The maximum absolute atomic E-state index is 11.0. The van der Waals surface area contributed by atoms with E-state index in [4.69, 9.17) is 5.11 Å². The molecule has 4 aromatic rings. The van der Waals surface area contributed by atoms with Crippen molar-refractivity contribution in [1.29, 1.82) is 0 Å². The Morgan fingerprint density at radius 3 is 2.38 bits per heavy atom. The number of fused-ring (bicyclic) bond motifs is 1. The van der Waals surface area contributed by atoms with Crippen LogP contribution < -0.4 is 5.32 Å². The van der Waals surface area contributed by atoms with Gasteiger partial charge in [0.25, 0.3) is 0 Å². The fourth-order valence-corrected chi connectivity index (χ4v) is 2.79. The molecule has 0 saturated carbocycles. The van der Waals surface area contributed by atoms with Crippen LogP contribution in [0.1, 0.15) is 5.69 Å². The molecule has 2 heterocycles. The number of aliphatic carboxylic acids is 1. The highest BCUT2D eigenvalue weighted by atomic mass is 16.4. The van der Waals surface area contributed by atoms with Crippen molar-refractivity contribution in [2.24, 2.45) is 0 Å². The molecule has 0 amide bonds. The van der Waals surface area contributed by atoms with E-state index in [0.717, 1.165) is 16.6 Å². The molecule has 6 nitrogen and oxygen atoms in total. The van der Waals surface area contributed by atoms with Crippen LogP contribution in [0.2, 0.25) is 0 Å². The van der Waals surface area contributed by atoms with Crippen molar-refractivity contribution in [3.63, 3.8) is 0 Å². The second kappa shape index (κ2) is 6.68. The molecule has 3 N–H and O–H groups in total. The largest absolute Gasteiger partial charge is 0.481 e. The third-order valence-electron chi connectivity index (χ3n) is 3.95. The molecule has 2 aromatic carbocycles. The Hall–Kier alpha value is -3.67. The Labute approximate surface area is 149 Å². The summed E-state index contributed by atoms with van der Waals surface area (Å²) in [6.45, 7) is 0. The van der Waals surface area contributed by atoms with Gasteiger partial charge in [-0.3, -0.25) is 4.79 Å². The van der Waals surface area contributed by atoms with Gasteiger partial charge in [-0.2, -0.15) is 0 Å². The second-order valence-electron chi connectivity index (χ2n) is 5.88. The molecule has 4 rings (SSSR count). The van der Waals surface area contributed by atoms with Crippen LogP contribution in [-0.4, -0.2) is 26.0 Å². The second-order valence-corrected chi connectivity index (χ2v) is 5.88. The van der Waals surface area contributed by atoms with E-state index in [9.17, 15) is 4.79 Å². The lowest BCUT2D eigenvalue weighted by atomic mass is 10.2. The molecular weight excluding hydrogens is 328 g/mol. The van der Waals surface area contributed by atoms with Gasteiger partial charge in [0, 0.05) is 16.9 Å². The van der Waals surface area contributed by atoms with Crippen molar-refractivity contribution in [2.45, 2.75) is 6.42 Å². The standard InChI is InChI=1S/C20H16N4O2/c25-17(26)12-15-11-16-19(21-14-9-5-2-6-10-14)23-18(24-20(16)22-15)13-7-3-1-4-8-13/h1-11H,12H2,(H,25,26)(H2,21,22,23,24). The number of nitrogens with one attached hydrogen (secondary N) is 2. The van der Waals surface area contributed by atoms with Crippen molar-refractivity contribution in [3.8, 4) is 11.4 Å². The molecular formula is C20H16N4O2. The number of para-hydroxylation sites is 1. The summed E-state index contributed by atoms with van der Waals surface area (Å²) in [6, 6.07) is 21.2. The predicted molar refractivity (Wildman–Crippen MR) is 100 cm³/mol. The maximum Gasteiger partial charge on any atom is 0.309 e. The zero-order valence-corrected chi connectivity index (χ0v) is 13.8. The molecule has 0 bridgehead atoms. The number of nitrogens with zero attached hydrogens (tertiary/aromatic N) is 2. The number of carboxylic acids is 1. The van der Waals surface area contributed by atoms with E-state index >= 15 is 0 Å². The fourth-order valence-electron chi connectivity index (χ4n) is 2.79. The van der Waals surface area contributed by atoms with E-state index < -0.39 is 5.97 Å². The smallest absolute Gasteiger partial charge is 0.309 e. The topological polar surface area (TPSA) is 90.9 Å². The minimum atomic E-state index is -0.898. The number of H-pyrrole nitrogens is 1. The van der Waals surface area contributed by atoms with Gasteiger partial charge in [-0.25, -0.2) is 9.97 Å². The minimum absolute atomic E-state index is 0.0954. The molecule has 2 aromatic heterocycles. The predicted octanol–water partition coefficient (Wildman–Crippen LogP) is 4.00. The molecule has 0 fully saturated rings. The number of hydrogen-bond donors (Lipinski definition) is 3. The molecule has 26 heavy (non-hydrogen) atoms. The maximum atomic E-state index is 11.0. The molecule has 128 valence electrons. The summed E-state index contributed by atoms with van der Waals surface area (Å²) in [5.74, 6) is 0.304. The number of carbonyl (C=O) groups is 1. The van der Waals surface area contributed by atoms with Crippen LogP contribution in [-0.2, 0) is 11.2 Å². The van der Waals surface area contributed by atoms with Gasteiger partial charge in [-0.1, -0.05) is 48.5 Å². The van der Waals surface area contributed by atoms with E-state index in [1.54, 1.807) is 6.07 Å². The first-order valence-electron chi connectivity index (χ1n) is 8.18. The third-order valence-corrected chi connectivity index (χ3v) is 3.95. The summed E-state index contributed by atoms with van der Waals surface area (Å²) in [4.78, 5) is 23.4. The molecule has 0 unspecified atom stereocenters. The van der Waals surface area contributed by atoms with Crippen molar-refractivity contribution < 1.29 is 9.90 Å². The molecule has 0 saturated heterocycles. The molecule has 0 atom stereocenters. The van der Waals surface area contributed by atoms with Gasteiger partial charge in [-0.05, 0) is 18.2 Å². The SMILES string of the molecule is O=C(O)Cc1cc2c(Nc3ccccc3)nc(-c3ccccc3)nc2[nH]1. The monoisotopic (exact) mass is 344 g/mol. The number of benzene rings is 2. The van der Waals surface area contributed by atoms with Gasteiger partial charge in [0.2, 0.25) is 0 Å². The van der Waals surface area contributed by atoms with Crippen LogP contribution in [0.15, 0.2) is 66.7 Å². The van der Waals surface area contributed by atoms with Gasteiger partial charge < -0.3 is 15.4 Å². The summed E-state index contributed by atoms with van der Waals surface area (Å²) < 4.78 is 0. The molecule has 0 spiro atoms. The third kappa shape index (κ3) is 3.25. The normalized spacial score (nSPS) is 10.8. The van der Waals surface area contributed by atoms with Crippen LogP contribution >= 0.6 is 0 Å². The first kappa shape index (κ1) is 15.8. The molecule has 0 aliphatic heterocycles. The summed E-state index contributed by atoms with van der Waals surface area (Å²) in [7, 11) is 0. The van der Waals surface area contributed by atoms with Gasteiger partial charge in [0.15, 0.2) is 5.82 Å². The molecule has 6 heteroatoms. The molecule has 0 aliphatic rings. The number of aromatic amines is 1. The Bertz CT molecular complexity index is 1060. The lowest BCUT2D eigenvalue weighted by Gasteiger charge is -2.09. The van der Waals surface area contributed by atoms with Crippen LogP contribution in [0.5, 0.6) is 0 Å². The lowest BCUT2D eigenvalue weighted by molar-refractivity contribution is -0.136. The van der Waals surface area contributed by atoms with Crippen LogP contribution in [0.3, 0.4) is 0 Å².